The summed E-state index contributed by atoms with van der Waals surface area (Å²) in [6, 6.07) is 7.04. The number of hydrazone groups is 1. The third kappa shape index (κ3) is 4.06. The van der Waals surface area contributed by atoms with Crippen molar-refractivity contribution in [3.05, 3.63) is 63.4 Å². The minimum atomic E-state index is -4.97. The van der Waals surface area contributed by atoms with Gasteiger partial charge in [-0.3, -0.25) is 14.9 Å². The molecule has 0 N–H and O–H groups in total. The number of nitrogens with zero attached hydrogens (tertiary/aromatic N) is 3. The Morgan fingerprint density at radius 2 is 1.93 bits per heavy atom. The van der Waals surface area contributed by atoms with Gasteiger partial charge in [-0.1, -0.05) is 0 Å². The van der Waals surface area contributed by atoms with Crippen molar-refractivity contribution < 1.29 is 36.8 Å². The van der Waals surface area contributed by atoms with Crippen molar-refractivity contribution in [3.8, 4) is 0 Å². The van der Waals surface area contributed by atoms with Gasteiger partial charge in [-0.2, -0.15) is 23.3 Å². The maximum absolute atomic E-state index is 13.4. The Morgan fingerprint density at radius 1 is 1.27 bits per heavy atom. The molecular formula is C18H12F3N3O6. The molecular weight excluding hydrogens is 411 g/mol. The second-order valence-corrected chi connectivity index (χ2v) is 5.82. The summed E-state index contributed by atoms with van der Waals surface area (Å²) in [5, 5.41) is 14.5. The van der Waals surface area contributed by atoms with Crippen LogP contribution in [-0.4, -0.2) is 35.3 Å². The van der Waals surface area contributed by atoms with E-state index >= 15 is 0 Å². The topological polar surface area (TPSA) is 115 Å². The SMILES string of the molecule is CCOC(=O)c1ccc(N2N=C(C(F)(F)F)/C(=C/c3ccc([N+](=O)[O-])o3)C2=O)cc1. The fourth-order valence-corrected chi connectivity index (χ4v) is 2.54. The highest BCUT2D eigenvalue weighted by Crippen LogP contribution is 2.33. The first-order valence-corrected chi connectivity index (χ1v) is 8.35. The fourth-order valence-electron chi connectivity index (χ4n) is 2.54. The van der Waals surface area contributed by atoms with Crippen LogP contribution < -0.4 is 5.01 Å². The lowest BCUT2D eigenvalue weighted by Crippen LogP contribution is -2.25. The van der Waals surface area contributed by atoms with E-state index in [1.54, 1.807) is 6.92 Å². The van der Waals surface area contributed by atoms with Crippen molar-refractivity contribution >= 4 is 35.2 Å². The minimum Gasteiger partial charge on any atom is -0.462 e. The second kappa shape index (κ2) is 7.81. The van der Waals surface area contributed by atoms with Crippen LogP contribution in [0.3, 0.4) is 0 Å². The van der Waals surface area contributed by atoms with Gasteiger partial charge in [-0.25, -0.2) is 4.79 Å². The predicted molar refractivity (Wildman–Crippen MR) is 96.7 cm³/mol. The molecule has 0 bridgehead atoms. The van der Waals surface area contributed by atoms with E-state index in [2.05, 4.69) is 5.10 Å². The second-order valence-electron chi connectivity index (χ2n) is 5.82. The molecule has 0 radical (unpaired) electrons. The Balaban J connectivity index is 1.96. The van der Waals surface area contributed by atoms with Crippen LogP contribution >= 0.6 is 0 Å². The first kappa shape index (κ1) is 20.8. The quantitative estimate of drug-likeness (QED) is 0.313. The lowest BCUT2D eigenvalue weighted by molar-refractivity contribution is -0.402. The van der Waals surface area contributed by atoms with E-state index in [-0.39, 0.29) is 23.6 Å². The Labute approximate surface area is 166 Å². The Hall–Kier alpha value is -3.96. The van der Waals surface area contributed by atoms with Crippen molar-refractivity contribution in [1.82, 2.24) is 0 Å². The number of anilines is 1. The number of benzene rings is 1. The molecule has 1 aliphatic heterocycles. The molecule has 0 atom stereocenters. The molecule has 0 aliphatic carbocycles. The molecule has 9 nitrogen and oxygen atoms in total. The van der Waals surface area contributed by atoms with Crippen LogP contribution in [0.4, 0.5) is 24.7 Å². The third-order valence-corrected chi connectivity index (χ3v) is 3.85. The van der Waals surface area contributed by atoms with Gasteiger partial charge in [-0.05, 0) is 43.3 Å². The lowest BCUT2D eigenvalue weighted by atomic mass is 10.1. The average molecular weight is 423 g/mol. The van der Waals surface area contributed by atoms with Crippen molar-refractivity contribution in [2.24, 2.45) is 5.10 Å². The molecule has 1 amide bonds. The molecule has 156 valence electrons. The summed E-state index contributed by atoms with van der Waals surface area (Å²) in [5.41, 5.74) is -2.21. The van der Waals surface area contributed by atoms with Crippen LogP contribution in [0, 0.1) is 10.1 Å². The number of carbonyl (C=O) groups is 2. The van der Waals surface area contributed by atoms with E-state index in [1.165, 1.54) is 24.3 Å². The van der Waals surface area contributed by atoms with Gasteiger partial charge >= 0.3 is 18.0 Å². The summed E-state index contributed by atoms with van der Waals surface area (Å²) < 4.78 is 49.9. The molecule has 0 unspecified atom stereocenters. The molecule has 0 fully saturated rings. The molecule has 0 saturated heterocycles. The van der Waals surface area contributed by atoms with E-state index < -0.39 is 40.1 Å². The third-order valence-electron chi connectivity index (χ3n) is 3.85. The number of hydrogen-bond acceptors (Lipinski definition) is 7. The number of amides is 1. The van der Waals surface area contributed by atoms with Crippen molar-refractivity contribution in [3.63, 3.8) is 0 Å². The lowest BCUT2D eigenvalue weighted by Gasteiger charge is -2.12. The van der Waals surface area contributed by atoms with Crippen molar-refractivity contribution in [2.75, 3.05) is 11.6 Å². The zero-order valence-corrected chi connectivity index (χ0v) is 15.2. The summed E-state index contributed by atoms with van der Waals surface area (Å²) in [4.78, 5) is 34.1. The van der Waals surface area contributed by atoms with Crippen LogP contribution in [-0.2, 0) is 9.53 Å². The number of rotatable bonds is 5. The highest BCUT2D eigenvalue weighted by molar-refractivity contribution is 6.34. The Kier molecular flexibility index (Phi) is 5.41. The number of nitro groups is 1. The van der Waals surface area contributed by atoms with Gasteiger partial charge in [0.1, 0.15) is 10.7 Å². The maximum atomic E-state index is 13.4. The fraction of sp³-hybridized carbons (Fsp3) is 0.167. The maximum Gasteiger partial charge on any atom is 0.435 e. The summed E-state index contributed by atoms with van der Waals surface area (Å²) in [6.07, 6.45) is -4.24. The Bertz CT molecular complexity index is 1070. The molecule has 2 heterocycles. The van der Waals surface area contributed by atoms with Crippen LogP contribution in [0.5, 0.6) is 0 Å². The first-order valence-electron chi connectivity index (χ1n) is 8.35. The molecule has 0 spiro atoms. The van der Waals surface area contributed by atoms with Gasteiger partial charge < -0.3 is 9.15 Å². The van der Waals surface area contributed by atoms with E-state index in [0.717, 1.165) is 18.2 Å². The number of alkyl halides is 3. The smallest absolute Gasteiger partial charge is 0.435 e. The zero-order chi connectivity index (χ0) is 22.1. The molecule has 0 saturated carbocycles. The van der Waals surface area contributed by atoms with Crippen LogP contribution in [0.2, 0.25) is 0 Å². The molecule has 30 heavy (non-hydrogen) atoms. The highest BCUT2D eigenvalue weighted by atomic mass is 19.4. The summed E-state index contributed by atoms with van der Waals surface area (Å²) in [7, 11) is 0. The van der Waals surface area contributed by atoms with E-state index in [9.17, 15) is 32.9 Å². The summed E-state index contributed by atoms with van der Waals surface area (Å²) in [5.74, 6) is -2.76. The molecule has 2 aromatic rings. The van der Waals surface area contributed by atoms with Gasteiger partial charge in [0, 0.05) is 0 Å². The van der Waals surface area contributed by atoms with Gasteiger partial charge in [0.2, 0.25) is 0 Å². The molecule has 3 rings (SSSR count). The number of halogens is 3. The zero-order valence-electron chi connectivity index (χ0n) is 15.2. The Morgan fingerprint density at radius 3 is 2.47 bits per heavy atom. The molecule has 1 aliphatic rings. The van der Waals surface area contributed by atoms with Gasteiger partial charge in [0.15, 0.2) is 5.71 Å². The van der Waals surface area contributed by atoms with Gasteiger partial charge in [0.25, 0.3) is 5.91 Å². The summed E-state index contributed by atoms with van der Waals surface area (Å²) >= 11 is 0. The van der Waals surface area contributed by atoms with Gasteiger partial charge in [0.05, 0.1) is 29.5 Å². The predicted octanol–water partition coefficient (Wildman–Crippen LogP) is 3.71. The van der Waals surface area contributed by atoms with Gasteiger partial charge in [-0.15, -0.1) is 0 Å². The molecule has 1 aromatic heterocycles. The van der Waals surface area contributed by atoms with E-state index in [1.807, 2.05) is 0 Å². The normalized spacial score (nSPS) is 15.5. The van der Waals surface area contributed by atoms with Crippen molar-refractivity contribution in [1.29, 1.82) is 0 Å². The van der Waals surface area contributed by atoms with E-state index in [4.69, 9.17) is 9.15 Å². The van der Waals surface area contributed by atoms with Crippen molar-refractivity contribution in [2.45, 2.75) is 13.1 Å². The highest BCUT2D eigenvalue weighted by Gasteiger charge is 2.47. The number of ether oxygens (including phenoxy) is 1. The van der Waals surface area contributed by atoms with Crippen LogP contribution in [0.25, 0.3) is 6.08 Å². The van der Waals surface area contributed by atoms with E-state index in [0.29, 0.717) is 5.01 Å². The number of hydrogen-bond donors (Lipinski definition) is 0. The number of carbonyl (C=O) groups excluding carboxylic acids is 2. The first-order chi connectivity index (χ1) is 14.1. The standard InChI is InChI=1S/C18H12F3N3O6/c1-2-29-17(26)10-3-5-11(6-4-10)23-16(25)13(15(22-23)18(19,20)21)9-12-7-8-14(30-12)24(27)28/h3-9H,2H2,1H3/b13-9-. The molecule has 12 heteroatoms. The summed E-state index contributed by atoms with van der Waals surface area (Å²) in [6.45, 7) is 1.76. The van der Waals surface area contributed by atoms with Crippen LogP contribution in [0.1, 0.15) is 23.0 Å². The van der Waals surface area contributed by atoms with Crippen LogP contribution in [0.15, 0.2) is 51.5 Å². The molecule has 1 aromatic carbocycles. The number of furan rings is 1. The monoisotopic (exact) mass is 423 g/mol. The average Bonchev–Trinajstić information content (AvgIpc) is 3.28. The largest absolute Gasteiger partial charge is 0.462 e. The number of esters is 1. The minimum absolute atomic E-state index is 0.0244.